The highest BCUT2D eigenvalue weighted by molar-refractivity contribution is 5.22. The molecule has 80 valence electrons. The van der Waals surface area contributed by atoms with Crippen molar-refractivity contribution in [1.82, 2.24) is 0 Å². The fourth-order valence-corrected chi connectivity index (χ4v) is 1.57. The average molecular weight is 205 g/mol. The quantitative estimate of drug-likeness (QED) is 0.753. The Kier molecular flexibility index (Phi) is 3.88. The van der Waals surface area contributed by atoms with Crippen LogP contribution in [-0.4, -0.2) is 6.54 Å². The van der Waals surface area contributed by atoms with Gasteiger partial charge in [0.1, 0.15) is 5.82 Å². The van der Waals surface area contributed by atoms with Crippen molar-refractivity contribution in [2.75, 3.05) is 6.54 Å². The van der Waals surface area contributed by atoms with Crippen LogP contribution in [0.1, 0.15) is 19.4 Å². The maximum atomic E-state index is 13.0. The Bertz CT molecular complexity index is 389. The van der Waals surface area contributed by atoms with Crippen LogP contribution in [0.25, 0.3) is 0 Å². The van der Waals surface area contributed by atoms with Gasteiger partial charge in [0, 0.05) is 12.0 Å². The third kappa shape index (κ3) is 3.38. The number of benzene rings is 1. The summed E-state index contributed by atoms with van der Waals surface area (Å²) in [6.07, 6.45) is 0.683. The first-order valence-corrected chi connectivity index (χ1v) is 4.98. The van der Waals surface area contributed by atoms with Gasteiger partial charge < -0.3 is 5.73 Å². The molecule has 0 aliphatic heterocycles. The van der Waals surface area contributed by atoms with Crippen molar-refractivity contribution in [2.24, 2.45) is 11.1 Å². The number of nitrogens with two attached hydrogens (primary N) is 1. The molecule has 0 heterocycles. The lowest BCUT2D eigenvalue weighted by atomic mass is 9.84. The predicted octanol–water partition coefficient (Wildman–Crippen LogP) is 2.36. The van der Waals surface area contributed by atoms with Gasteiger partial charge in [-0.15, -0.1) is 5.92 Å². The van der Waals surface area contributed by atoms with Crippen LogP contribution in [0.3, 0.4) is 0 Å². The van der Waals surface area contributed by atoms with Crippen molar-refractivity contribution < 1.29 is 4.39 Å². The lowest BCUT2D eigenvalue weighted by molar-refractivity contribution is 0.457. The van der Waals surface area contributed by atoms with Crippen molar-refractivity contribution in [2.45, 2.75) is 20.3 Å². The zero-order valence-corrected chi connectivity index (χ0v) is 9.18. The average Bonchev–Trinajstić information content (AvgIpc) is 2.18. The highest BCUT2D eigenvalue weighted by atomic mass is 19.1. The first-order chi connectivity index (χ1) is 7.09. The monoisotopic (exact) mass is 205 g/mol. The molecule has 2 N–H and O–H groups in total. The van der Waals surface area contributed by atoms with Crippen molar-refractivity contribution in [1.29, 1.82) is 0 Å². The van der Waals surface area contributed by atoms with Gasteiger partial charge >= 0.3 is 0 Å². The third-order valence-corrected chi connectivity index (χ3v) is 2.36. The zero-order valence-electron chi connectivity index (χ0n) is 9.18. The van der Waals surface area contributed by atoms with Gasteiger partial charge in [-0.05, 0) is 38.0 Å². The Morgan fingerprint density at radius 2 is 2.20 bits per heavy atom. The number of hydrogen-bond acceptors (Lipinski definition) is 1. The molecule has 0 fully saturated rings. The van der Waals surface area contributed by atoms with E-state index in [1.165, 1.54) is 12.1 Å². The van der Waals surface area contributed by atoms with Crippen molar-refractivity contribution in [3.63, 3.8) is 0 Å². The van der Waals surface area contributed by atoms with Gasteiger partial charge in [-0.3, -0.25) is 0 Å². The SMILES string of the molecule is CC#CC(C)(CN)Cc1cccc(F)c1. The summed E-state index contributed by atoms with van der Waals surface area (Å²) in [6.45, 7) is 4.26. The largest absolute Gasteiger partial charge is 0.329 e. The molecule has 0 aromatic heterocycles. The minimum atomic E-state index is -0.261. The maximum Gasteiger partial charge on any atom is 0.123 e. The Morgan fingerprint density at radius 1 is 1.47 bits per heavy atom. The van der Waals surface area contributed by atoms with Crippen LogP contribution < -0.4 is 5.73 Å². The van der Waals surface area contributed by atoms with Crippen LogP contribution in [0, 0.1) is 23.1 Å². The smallest absolute Gasteiger partial charge is 0.123 e. The Balaban J connectivity index is 2.87. The fraction of sp³-hybridized carbons (Fsp3) is 0.385. The zero-order chi connectivity index (χ0) is 11.3. The number of rotatable bonds is 3. The van der Waals surface area contributed by atoms with E-state index in [0.29, 0.717) is 13.0 Å². The van der Waals surface area contributed by atoms with Gasteiger partial charge in [-0.25, -0.2) is 4.39 Å². The van der Waals surface area contributed by atoms with E-state index >= 15 is 0 Å². The highest BCUT2D eigenvalue weighted by Gasteiger charge is 2.20. The lowest BCUT2D eigenvalue weighted by Gasteiger charge is -2.21. The molecule has 0 amide bonds. The van der Waals surface area contributed by atoms with Crippen molar-refractivity contribution >= 4 is 0 Å². The Hall–Kier alpha value is -1.33. The molecular weight excluding hydrogens is 189 g/mol. The summed E-state index contributed by atoms with van der Waals surface area (Å²) >= 11 is 0. The van der Waals surface area contributed by atoms with Crippen molar-refractivity contribution in [3.8, 4) is 11.8 Å². The predicted molar refractivity (Wildman–Crippen MR) is 60.7 cm³/mol. The summed E-state index contributed by atoms with van der Waals surface area (Å²) in [4.78, 5) is 0. The summed E-state index contributed by atoms with van der Waals surface area (Å²) in [7, 11) is 0. The molecule has 0 radical (unpaired) electrons. The van der Waals surface area contributed by atoms with E-state index in [9.17, 15) is 4.39 Å². The molecular formula is C13H16FN. The van der Waals surface area contributed by atoms with Crippen LogP contribution in [0.15, 0.2) is 24.3 Å². The molecule has 0 bridgehead atoms. The number of hydrogen-bond donors (Lipinski definition) is 1. The first kappa shape index (κ1) is 11.7. The van der Waals surface area contributed by atoms with E-state index < -0.39 is 0 Å². The van der Waals surface area contributed by atoms with Crippen LogP contribution in [0.5, 0.6) is 0 Å². The molecule has 0 aliphatic carbocycles. The second-order valence-corrected chi connectivity index (χ2v) is 3.95. The molecule has 0 spiro atoms. The van der Waals surface area contributed by atoms with E-state index in [1.807, 2.05) is 13.0 Å². The number of halogens is 1. The second-order valence-electron chi connectivity index (χ2n) is 3.95. The Labute approximate surface area is 90.5 Å². The van der Waals surface area contributed by atoms with E-state index in [0.717, 1.165) is 5.56 Å². The molecule has 0 aliphatic rings. The molecule has 1 aromatic rings. The molecule has 1 nitrogen and oxygen atoms in total. The summed E-state index contributed by atoms with van der Waals surface area (Å²) in [6, 6.07) is 6.58. The normalized spacial score (nSPS) is 13.9. The van der Waals surface area contributed by atoms with Crippen LogP contribution in [-0.2, 0) is 6.42 Å². The standard InChI is InChI=1S/C13H16FN/c1-3-7-13(2,10-15)9-11-5-4-6-12(14)8-11/h4-6,8H,9-10,15H2,1-2H3. The molecule has 0 saturated carbocycles. The van der Waals surface area contributed by atoms with Gasteiger partial charge in [-0.1, -0.05) is 18.1 Å². The van der Waals surface area contributed by atoms with Crippen LogP contribution >= 0.6 is 0 Å². The summed E-state index contributed by atoms with van der Waals surface area (Å²) < 4.78 is 13.0. The minimum Gasteiger partial charge on any atom is -0.329 e. The summed E-state index contributed by atoms with van der Waals surface area (Å²) in [5, 5.41) is 0. The molecule has 1 unspecified atom stereocenters. The van der Waals surface area contributed by atoms with Gasteiger partial charge in [0.15, 0.2) is 0 Å². The maximum absolute atomic E-state index is 13.0. The topological polar surface area (TPSA) is 26.0 Å². The molecule has 2 heteroatoms. The fourth-order valence-electron chi connectivity index (χ4n) is 1.57. The van der Waals surface area contributed by atoms with E-state index in [-0.39, 0.29) is 11.2 Å². The molecule has 1 atom stereocenters. The highest BCUT2D eigenvalue weighted by Crippen LogP contribution is 2.20. The summed E-state index contributed by atoms with van der Waals surface area (Å²) in [5.74, 6) is 5.74. The van der Waals surface area contributed by atoms with Gasteiger partial charge in [0.2, 0.25) is 0 Å². The van der Waals surface area contributed by atoms with Gasteiger partial charge in [0.05, 0.1) is 0 Å². The van der Waals surface area contributed by atoms with E-state index in [1.54, 1.807) is 13.0 Å². The van der Waals surface area contributed by atoms with Gasteiger partial charge in [-0.2, -0.15) is 0 Å². The van der Waals surface area contributed by atoms with E-state index in [4.69, 9.17) is 5.73 Å². The third-order valence-electron chi connectivity index (χ3n) is 2.36. The molecule has 1 aromatic carbocycles. The second kappa shape index (κ2) is 4.95. The van der Waals surface area contributed by atoms with Crippen molar-refractivity contribution in [3.05, 3.63) is 35.6 Å². The van der Waals surface area contributed by atoms with Gasteiger partial charge in [0.25, 0.3) is 0 Å². The Morgan fingerprint density at radius 3 is 2.73 bits per heavy atom. The first-order valence-electron chi connectivity index (χ1n) is 4.98. The van der Waals surface area contributed by atoms with Crippen LogP contribution in [0.2, 0.25) is 0 Å². The molecule has 1 rings (SSSR count). The molecule has 15 heavy (non-hydrogen) atoms. The van der Waals surface area contributed by atoms with E-state index in [2.05, 4.69) is 11.8 Å². The minimum absolute atomic E-state index is 0.212. The van der Waals surface area contributed by atoms with Crippen LogP contribution in [0.4, 0.5) is 4.39 Å². The lowest BCUT2D eigenvalue weighted by Crippen LogP contribution is -2.28. The molecule has 0 saturated heterocycles. The summed E-state index contributed by atoms with van der Waals surface area (Å²) in [5.41, 5.74) is 6.36.